The lowest BCUT2D eigenvalue weighted by Gasteiger charge is -2.19. The van der Waals surface area contributed by atoms with Crippen LogP contribution in [0.4, 0.5) is 0 Å². The highest BCUT2D eigenvalue weighted by Crippen LogP contribution is 2.21. The zero-order valence-electron chi connectivity index (χ0n) is 13.0. The molecule has 0 radical (unpaired) electrons. The molecule has 0 aromatic heterocycles. The second-order valence-corrected chi connectivity index (χ2v) is 6.73. The zero-order valence-corrected chi connectivity index (χ0v) is 13.8. The molecular formula is C16H22O4S. The number of hydrogen-bond acceptors (Lipinski definition) is 5. The summed E-state index contributed by atoms with van der Waals surface area (Å²) in [6.45, 7) is 5.58. The highest BCUT2D eigenvalue weighted by molar-refractivity contribution is 7.99. The van der Waals surface area contributed by atoms with Crippen LogP contribution in [0.3, 0.4) is 0 Å². The fourth-order valence-corrected chi connectivity index (χ4v) is 2.54. The fourth-order valence-electron chi connectivity index (χ4n) is 1.63. The van der Waals surface area contributed by atoms with E-state index < -0.39 is 5.60 Å². The predicted molar refractivity (Wildman–Crippen MR) is 83.6 cm³/mol. The first-order chi connectivity index (χ1) is 9.81. The second kappa shape index (κ2) is 8.08. The van der Waals surface area contributed by atoms with Crippen molar-refractivity contribution >= 4 is 23.7 Å². The monoisotopic (exact) mass is 310 g/mol. The first-order valence-corrected chi connectivity index (χ1v) is 7.83. The molecule has 0 saturated carbocycles. The Hall–Kier alpha value is -1.49. The summed E-state index contributed by atoms with van der Waals surface area (Å²) in [4.78, 5) is 24.0. The summed E-state index contributed by atoms with van der Waals surface area (Å²) >= 11 is 1.61. The number of benzene rings is 1. The minimum atomic E-state index is -0.431. The quantitative estimate of drug-likeness (QED) is 0.456. The van der Waals surface area contributed by atoms with Crippen molar-refractivity contribution in [3.8, 4) is 0 Å². The highest BCUT2D eigenvalue weighted by atomic mass is 32.2. The molecule has 21 heavy (non-hydrogen) atoms. The third-order valence-electron chi connectivity index (χ3n) is 2.47. The number of ether oxygens (including phenoxy) is 2. The third-order valence-corrected chi connectivity index (χ3v) is 3.55. The molecule has 0 N–H and O–H groups in total. The number of carbonyl (C=O) groups excluding carboxylic acids is 2. The van der Waals surface area contributed by atoms with Crippen molar-refractivity contribution < 1.29 is 19.1 Å². The molecule has 0 atom stereocenters. The molecular weight excluding hydrogens is 288 g/mol. The van der Waals surface area contributed by atoms with Crippen molar-refractivity contribution in [3.63, 3.8) is 0 Å². The molecule has 0 unspecified atom stereocenters. The minimum absolute atomic E-state index is 0.175. The van der Waals surface area contributed by atoms with E-state index in [9.17, 15) is 9.59 Å². The van der Waals surface area contributed by atoms with Crippen LogP contribution in [0.5, 0.6) is 0 Å². The van der Waals surface area contributed by atoms with Gasteiger partial charge in [0.2, 0.25) is 0 Å². The number of carbonyl (C=O) groups is 2. The topological polar surface area (TPSA) is 52.6 Å². The maximum Gasteiger partial charge on any atom is 0.337 e. The van der Waals surface area contributed by atoms with Crippen molar-refractivity contribution in [2.75, 3.05) is 12.9 Å². The van der Waals surface area contributed by atoms with Gasteiger partial charge in [-0.25, -0.2) is 4.79 Å². The number of rotatable bonds is 6. The van der Waals surface area contributed by atoms with Crippen molar-refractivity contribution in [1.82, 2.24) is 0 Å². The zero-order chi connectivity index (χ0) is 15.9. The number of thioether (sulfide) groups is 1. The van der Waals surface area contributed by atoms with Gasteiger partial charge in [0, 0.05) is 11.3 Å². The molecule has 1 rings (SSSR count). The Morgan fingerprint density at radius 2 is 1.95 bits per heavy atom. The summed E-state index contributed by atoms with van der Waals surface area (Å²) in [6, 6.07) is 7.27. The molecule has 5 heteroatoms. The molecule has 0 amide bonds. The van der Waals surface area contributed by atoms with Gasteiger partial charge in [0.25, 0.3) is 0 Å². The van der Waals surface area contributed by atoms with Gasteiger partial charge in [0.05, 0.1) is 12.7 Å². The van der Waals surface area contributed by atoms with Crippen molar-refractivity contribution in [2.45, 2.75) is 44.1 Å². The molecule has 1 aromatic carbocycles. The van der Waals surface area contributed by atoms with E-state index >= 15 is 0 Å². The number of esters is 2. The summed E-state index contributed by atoms with van der Waals surface area (Å²) < 4.78 is 9.93. The van der Waals surface area contributed by atoms with Crippen LogP contribution in [0.15, 0.2) is 29.2 Å². The van der Waals surface area contributed by atoms with Crippen LogP contribution in [-0.4, -0.2) is 30.4 Å². The van der Waals surface area contributed by atoms with Gasteiger partial charge in [-0.15, -0.1) is 11.8 Å². The molecule has 0 aliphatic heterocycles. The van der Waals surface area contributed by atoms with Gasteiger partial charge >= 0.3 is 11.9 Å². The highest BCUT2D eigenvalue weighted by Gasteiger charge is 2.15. The van der Waals surface area contributed by atoms with Gasteiger partial charge in [-0.1, -0.05) is 6.07 Å². The summed E-state index contributed by atoms with van der Waals surface area (Å²) in [5.41, 5.74) is 0.105. The Balaban J connectivity index is 2.36. The van der Waals surface area contributed by atoms with Crippen LogP contribution < -0.4 is 0 Å². The molecule has 4 nitrogen and oxygen atoms in total. The first-order valence-electron chi connectivity index (χ1n) is 6.85. The standard InChI is InChI=1S/C16H22O4S/c1-16(2,3)20-14(17)9-6-10-21-13-8-5-7-12(11-13)15(18)19-4/h5,7-8,11H,6,9-10H2,1-4H3. The second-order valence-electron chi connectivity index (χ2n) is 5.56. The van der Waals surface area contributed by atoms with E-state index in [0.717, 1.165) is 17.1 Å². The Bertz CT molecular complexity index is 491. The van der Waals surface area contributed by atoms with Crippen LogP contribution in [0.1, 0.15) is 44.0 Å². The lowest BCUT2D eigenvalue weighted by Crippen LogP contribution is -2.23. The molecule has 1 aromatic rings. The van der Waals surface area contributed by atoms with Crippen molar-refractivity contribution in [3.05, 3.63) is 29.8 Å². The Morgan fingerprint density at radius 3 is 2.57 bits per heavy atom. The van der Waals surface area contributed by atoms with Gasteiger partial charge in [0.15, 0.2) is 0 Å². The summed E-state index contributed by atoms with van der Waals surface area (Å²) in [5, 5.41) is 0. The molecule has 0 bridgehead atoms. The van der Waals surface area contributed by atoms with E-state index in [1.807, 2.05) is 32.9 Å². The van der Waals surface area contributed by atoms with E-state index in [-0.39, 0.29) is 11.9 Å². The van der Waals surface area contributed by atoms with E-state index in [0.29, 0.717) is 12.0 Å². The van der Waals surface area contributed by atoms with E-state index in [4.69, 9.17) is 4.74 Å². The van der Waals surface area contributed by atoms with Crippen LogP contribution in [-0.2, 0) is 14.3 Å². The molecule has 0 saturated heterocycles. The first kappa shape index (κ1) is 17.6. The van der Waals surface area contributed by atoms with Crippen LogP contribution >= 0.6 is 11.8 Å². The van der Waals surface area contributed by atoms with E-state index in [1.54, 1.807) is 23.9 Å². The molecule has 0 aliphatic rings. The Morgan fingerprint density at radius 1 is 1.24 bits per heavy atom. The van der Waals surface area contributed by atoms with Crippen molar-refractivity contribution in [2.24, 2.45) is 0 Å². The maximum atomic E-state index is 11.6. The normalized spacial score (nSPS) is 11.0. The summed E-state index contributed by atoms with van der Waals surface area (Å²) in [7, 11) is 1.36. The fraction of sp³-hybridized carbons (Fsp3) is 0.500. The van der Waals surface area contributed by atoms with E-state index in [1.165, 1.54) is 7.11 Å². The smallest absolute Gasteiger partial charge is 0.337 e. The molecule has 0 heterocycles. The summed E-state index contributed by atoms with van der Waals surface area (Å²) in [6.07, 6.45) is 1.14. The Kier molecular flexibility index (Phi) is 6.75. The van der Waals surface area contributed by atoms with Crippen LogP contribution in [0, 0.1) is 0 Å². The SMILES string of the molecule is COC(=O)c1cccc(SCCCC(=O)OC(C)(C)C)c1. The van der Waals surface area contributed by atoms with E-state index in [2.05, 4.69) is 4.74 Å². The third kappa shape index (κ3) is 7.18. The van der Waals surface area contributed by atoms with Gasteiger partial charge in [-0.05, 0) is 51.1 Å². The number of hydrogen-bond donors (Lipinski definition) is 0. The van der Waals surface area contributed by atoms with Gasteiger partial charge in [-0.3, -0.25) is 4.79 Å². The summed E-state index contributed by atoms with van der Waals surface area (Å²) in [5.74, 6) is 0.279. The van der Waals surface area contributed by atoms with Crippen molar-refractivity contribution in [1.29, 1.82) is 0 Å². The average Bonchev–Trinajstić information content (AvgIpc) is 2.41. The Labute approximate surface area is 130 Å². The van der Waals surface area contributed by atoms with Gasteiger partial charge < -0.3 is 9.47 Å². The van der Waals surface area contributed by atoms with Crippen LogP contribution in [0.25, 0.3) is 0 Å². The molecule has 0 aliphatic carbocycles. The molecule has 0 spiro atoms. The average molecular weight is 310 g/mol. The predicted octanol–water partition coefficient (Wildman–Crippen LogP) is 3.69. The largest absolute Gasteiger partial charge is 0.465 e. The maximum absolute atomic E-state index is 11.6. The minimum Gasteiger partial charge on any atom is -0.465 e. The van der Waals surface area contributed by atoms with Gasteiger partial charge in [-0.2, -0.15) is 0 Å². The van der Waals surface area contributed by atoms with Crippen LogP contribution in [0.2, 0.25) is 0 Å². The molecule has 0 fully saturated rings. The lowest BCUT2D eigenvalue weighted by atomic mass is 10.2. The lowest BCUT2D eigenvalue weighted by molar-refractivity contribution is -0.154. The van der Waals surface area contributed by atoms with Gasteiger partial charge in [0.1, 0.15) is 5.60 Å². The number of methoxy groups -OCH3 is 1. The molecule has 116 valence electrons.